The van der Waals surface area contributed by atoms with Crippen molar-refractivity contribution in [1.82, 2.24) is 5.32 Å². The van der Waals surface area contributed by atoms with E-state index in [1.165, 1.54) is 43.6 Å². The maximum absolute atomic E-state index is 6.17. The van der Waals surface area contributed by atoms with E-state index in [4.69, 9.17) is 4.74 Å². The molecule has 0 aromatic carbocycles. The van der Waals surface area contributed by atoms with Crippen LogP contribution in [0.4, 0.5) is 0 Å². The molecule has 1 aliphatic carbocycles. The molecule has 0 aromatic rings. The van der Waals surface area contributed by atoms with Gasteiger partial charge in [0.25, 0.3) is 0 Å². The van der Waals surface area contributed by atoms with E-state index in [-0.39, 0.29) is 5.54 Å². The quantitative estimate of drug-likeness (QED) is 0.682. The van der Waals surface area contributed by atoms with Crippen molar-refractivity contribution in [3.63, 3.8) is 0 Å². The lowest BCUT2D eigenvalue weighted by Gasteiger charge is -2.37. The van der Waals surface area contributed by atoms with Gasteiger partial charge >= 0.3 is 0 Å². The molecule has 2 atom stereocenters. The third-order valence-corrected chi connectivity index (χ3v) is 5.67. The molecule has 2 rings (SSSR count). The second-order valence-electron chi connectivity index (χ2n) is 7.65. The lowest BCUT2D eigenvalue weighted by Crippen LogP contribution is -2.48. The Balaban J connectivity index is 1.94. The highest BCUT2D eigenvalue weighted by Crippen LogP contribution is 2.50. The molecule has 2 aliphatic rings. The van der Waals surface area contributed by atoms with E-state index in [1.807, 2.05) is 0 Å². The molecule has 0 aromatic heterocycles. The van der Waals surface area contributed by atoms with Gasteiger partial charge in [0.15, 0.2) is 0 Å². The maximum atomic E-state index is 6.17. The van der Waals surface area contributed by atoms with Crippen LogP contribution in [0.2, 0.25) is 0 Å². The number of hydrogen-bond donors (Lipinski definition) is 1. The first kappa shape index (κ1) is 16.6. The lowest BCUT2D eigenvalue weighted by atomic mass is 9.74. The van der Waals surface area contributed by atoms with E-state index < -0.39 is 0 Å². The van der Waals surface area contributed by atoms with Gasteiger partial charge in [0, 0.05) is 24.1 Å². The fourth-order valence-corrected chi connectivity index (χ4v) is 4.04. The first-order valence-corrected chi connectivity index (χ1v) is 9.57. The monoisotopic (exact) mass is 299 g/mol. The minimum atomic E-state index is 0.210. The summed E-state index contributed by atoms with van der Waals surface area (Å²) in [7, 11) is 0. The van der Waals surface area contributed by atoms with Gasteiger partial charge in [-0.15, -0.1) is 0 Å². The summed E-state index contributed by atoms with van der Waals surface area (Å²) < 4.78 is 6.17. The van der Waals surface area contributed by atoms with Crippen molar-refractivity contribution in [2.45, 2.75) is 71.4 Å². The third kappa shape index (κ3) is 4.64. The second kappa shape index (κ2) is 7.02. The van der Waals surface area contributed by atoms with Crippen LogP contribution in [-0.2, 0) is 4.74 Å². The molecule has 1 saturated heterocycles. The number of hydrogen-bond acceptors (Lipinski definition) is 3. The van der Waals surface area contributed by atoms with Crippen molar-refractivity contribution in [3.8, 4) is 0 Å². The average Bonchev–Trinajstić information content (AvgIpc) is 3.13. The number of rotatable bonds is 8. The molecule has 0 amide bonds. The van der Waals surface area contributed by atoms with Crippen molar-refractivity contribution >= 4 is 11.8 Å². The number of thioether (sulfide) groups is 1. The Labute approximate surface area is 129 Å². The van der Waals surface area contributed by atoms with E-state index in [1.54, 1.807) is 0 Å². The van der Waals surface area contributed by atoms with Gasteiger partial charge in [-0.05, 0) is 70.3 Å². The molecular weight excluding hydrogens is 266 g/mol. The summed E-state index contributed by atoms with van der Waals surface area (Å²) >= 11 is 2.08. The standard InChI is InChI=1S/C17H33NOS/c1-5-20-12-6-9-17(13-18-16(2,3)4)10-11-19-15(17)14-7-8-14/h14-15,18H,5-13H2,1-4H3. The fourth-order valence-electron chi connectivity index (χ4n) is 3.40. The summed E-state index contributed by atoms with van der Waals surface area (Å²) in [5.74, 6) is 3.42. The highest BCUT2D eigenvalue weighted by Gasteiger charge is 2.50. The zero-order chi connectivity index (χ0) is 14.6. The van der Waals surface area contributed by atoms with Gasteiger partial charge in [0.1, 0.15) is 0 Å². The Morgan fingerprint density at radius 1 is 1.30 bits per heavy atom. The Kier molecular flexibility index (Phi) is 5.84. The molecule has 118 valence electrons. The molecule has 1 N–H and O–H groups in total. The smallest absolute Gasteiger partial charge is 0.0672 e. The summed E-state index contributed by atoms with van der Waals surface area (Å²) in [5.41, 5.74) is 0.616. The first-order valence-electron chi connectivity index (χ1n) is 8.41. The van der Waals surface area contributed by atoms with Crippen LogP contribution >= 0.6 is 11.8 Å². The largest absolute Gasteiger partial charge is 0.377 e. The molecule has 1 saturated carbocycles. The number of ether oxygens (including phenoxy) is 1. The van der Waals surface area contributed by atoms with Crippen molar-refractivity contribution in [3.05, 3.63) is 0 Å². The van der Waals surface area contributed by atoms with Crippen LogP contribution in [0.1, 0.15) is 59.8 Å². The normalized spacial score (nSPS) is 30.9. The minimum Gasteiger partial charge on any atom is -0.377 e. The van der Waals surface area contributed by atoms with Crippen LogP contribution in [0.3, 0.4) is 0 Å². The van der Waals surface area contributed by atoms with E-state index in [0.717, 1.165) is 19.1 Å². The summed E-state index contributed by atoms with van der Waals surface area (Å²) in [6.07, 6.45) is 7.26. The van der Waals surface area contributed by atoms with Crippen LogP contribution in [0, 0.1) is 11.3 Å². The third-order valence-electron chi connectivity index (χ3n) is 4.69. The first-order chi connectivity index (χ1) is 9.47. The zero-order valence-corrected chi connectivity index (χ0v) is 14.7. The highest BCUT2D eigenvalue weighted by atomic mass is 32.2. The Hall–Kier alpha value is 0.270. The molecule has 2 unspecified atom stereocenters. The molecule has 0 bridgehead atoms. The Morgan fingerprint density at radius 3 is 2.65 bits per heavy atom. The number of nitrogens with one attached hydrogen (secondary N) is 1. The van der Waals surface area contributed by atoms with E-state index in [0.29, 0.717) is 11.5 Å². The molecule has 2 nitrogen and oxygen atoms in total. The molecule has 2 fully saturated rings. The van der Waals surface area contributed by atoms with Crippen LogP contribution < -0.4 is 5.32 Å². The van der Waals surface area contributed by atoms with Crippen molar-refractivity contribution in [2.24, 2.45) is 11.3 Å². The van der Waals surface area contributed by atoms with Crippen LogP contribution in [0.5, 0.6) is 0 Å². The predicted molar refractivity (Wildman–Crippen MR) is 89.5 cm³/mol. The van der Waals surface area contributed by atoms with Crippen molar-refractivity contribution in [1.29, 1.82) is 0 Å². The second-order valence-corrected chi connectivity index (χ2v) is 9.04. The van der Waals surface area contributed by atoms with Crippen LogP contribution in [-0.4, -0.2) is 36.3 Å². The highest BCUT2D eigenvalue weighted by molar-refractivity contribution is 7.99. The average molecular weight is 300 g/mol. The maximum Gasteiger partial charge on any atom is 0.0672 e. The topological polar surface area (TPSA) is 21.3 Å². The van der Waals surface area contributed by atoms with Gasteiger partial charge in [-0.3, -0.25) is 0 Å². The Bertz CT molecular complexity index is 298. The van der Waals surface area contributed by atoms with Gasteiger partial charge < -0.3 is 10.1 Å². The van der Waals surface area contributed by atoms with Crippen LogP contribution in [0.15, 0.2) is 0 Å². The van der Waals surface area contributed by atoms with Crippen molar-refractivity contribution < 1.29 is 4.74 Å². The van der Waals surface area contributed by atoms with Crippen molar-refractivity contribution in [2.75, 3.05) is 24.7 Å². The van der Waals surface area contributed by atoms with Gasteiger partial charge in [0.2, 0.25) is 0 Å². The summed E-state index contributed by atoms with van der Waals surface area (Å²) in [6.45, 7) is 11.2. The summed E-state index contributed by atoms with van der Waals surface area (Å²) in [5, 5.41) is 3.77. The molecule has 20 heavy (non-hydrogen) atoms. The molecule has 1 heterocycles. The van der Waals surface area contributed by atoms with Crippen LogP contribution in [0.25, 0.3) is 0 Å². The van der Waals surface area contributed by atoms with Gasteiger partial charge in [-0.25, -0.2) is 0 Å². The van der Waals surface area contributed by atoms with E-state index in [2.05, 4.69) is 44.8 Å². The molecule has 1 aliphatic heterocycles. The zero-order valence-electron chi connectivity index (χ0n) is 13.8. The molecule has 0 radical (unpaired) electrons. The molecule has 3 heteroatoms. The van der Waals surface area contributed by atoms with Gasteiger partial charge in [0.05, 0.1) is 6.10 Å². The summed E-state index contributed by atoms with van der Waals surface area (Å²) in [4.78, 5) is 0. The van der Waals surface area contributed by atoms with Gasteiger partial charge in [-0.1, -0.05) is 6.92 Å². The molecule has 0 spiro atoms. The predicted octanol–water partition coefficient (Wildman–Crippen LogP) is 4.09. The minimum absolute atomic E-state index is 0.210. The van der Waals surface area contributed by atoms with E-state index in [9.17, 15) is 0 Å². The lowest BCUT2D eigenvalue weighted by molar-refractivity contribution is 0.0236. The SMILES string of the molecule is CCSCCCC1(CNC(C)(C)C)CCOC1C1CC1. The van der Waals surface area contributed by atoms with E-state index >= 15 is 0 Å². The van der Waals surface area contributed by atoms with Gasteiger partial charge in [-0.2, -0.15) is 11.8 Å². The fraction of sp³-hybridized carbons (Fsp3) is 1.00. The summed E-state index contributed by atoms with van der Waals surface area (Å²) in [6, 6.07) is 0. The Morgan fingerprint density at radius 2 is 2.05 bits per heavy atom. The molecular formula is C17H33NOS.